The molecule has 2 rings (SSSR count). The van der Waals surface area contributed by atoms with E-state index in [4.69, 9.17) is 5.11 Å². The maximum atomic E-state index is 11.1. The number of aryl methyl sites for hydroxylation is 1. The van der Waals surface area contributed by atoms with Gasteiger partial charge in [-0.15, -0.1) is 0 Å². The van der Waals surface area contributed by atoms with E-state index in [0.29, 0.717) is 5.69 Å². The van der Waals surface area contributed by atoms with Crippen molar-refractivity contribution >= 4 is 39.0 Å². The summed E-state index contributed by atoms with van der Waals surface area (Å²) >= 11 is 3.35. The van der Waals surface area contributed by atoms with Crippen molar-refractivity contribution in [2.24, 2.45) is 0 Å². The molecule has 2 aromatic rings. The number of hydrogen-bond acceptors (Lipinski definition) is 4. The summed E-state index contributed by atoms with van der Waals surface area (Å²) in [5.74, 6) is -1.21. The molecule has 0 heterocycles. The van der Waals surface area contributed by atoms with Crippen molar-refractivity contribution in [3.05, 3.63) is 62.1 Å². The van der Waals surface area contributed by atoms with Crippen LogP contribution in [0.25, 0.3) is 0 Å². The summed E-state index contributed by atoms with van der Waals surface area (Å²) in [7, 11) is 0. The van der Waals surface area contributed by atoms with Gasteiger partial charge in [0.05, 0.1) is 10.5 Å². The molecule has 0 aliphatic rings. The van der Waals surface area contributed by atoms with Gasteiger partial charge in [0.1, 0.15) is 5.69 Å². The molecule has 0 atom stereocenters. The second-order valence-electron chi connectivity index (χ2n) is 4.44. The van der Waals surface area contributed by atoms with Crippen LogP contribution in [-0.2, 0) is 0 Å². The van der Waals surface area contributed by atoms with E-state index in [2.05, 4.69) is 21.2 Å². The van der Waals surface area contributed by atoms with E-state index in [0.717, 1.165) is 16.1 Å². The first kappa shape index (κ1) is 15.0. The Labute approximate surface area is 128 Å². The maximum Gasteiger partial charge on any atom is 0.335 e. The first-order valence-corrected chi connectivity index (χ1v) is 6.72. The molecule has 7 heteroatoms. The summed E-state index contributed by atoms with van der Waals surface area (Å²) in [5, 5.41) is 22.9. The van der Waals surface area contributed by atoms with Crippen molar-refractivity contribution in [2.75, 3.05) is 5.32 Å². The molecule has 2 N–H and O–H groups in total. The monoisotopic (exact) mass is 350 g/mol. The Morgan fingerprint density at radius 3 is 2.57 bits per heavy atom. The van der Waals surface area contributed by atoms with Gasteiger partial charge in [0.25, 0.3) is 5.69 Å². The van der Waals surface area contributed by atoms with Crippen LogP contribution in [-0.4, -0.2) is 16.0 Å². The van der Waals surface area contributed by atoms with E-state index in [9.17, 15) is 14.9 Å². The van der Waals surface area contributed by atoms with Gasteiger partial charge >= 0.3 is 5.97 Å². The van der Waals surface area contributed by atoms with Crippen molar-refractivity contribution in [3.63, 3.8) is 0 Å². The molecular formula is C14H11BrN2O4. The molecular weight excluding hydrogens is 340 g/mol. The Bertz CT molecular complexity index is 711. The number of carbonyl (C=O) groups is 1. The van der Waals surface area contributed by atoms with Crippen molar-refractivity contribution in [1.82, 2.24) is 0 Å². The van der Waals surface area contributed by atoms with Gasteiger partial charge in [-0.25, -0.2) is 4.79 Å². The van der Waals surface area contributed by atoms with Crippen LogP contribution in [0.1, 0.15) is 15.9 Å². The van der Waals surface area contributed by atoms with Crippen LogP contribution < -0.4 is 5.32 Å². The van der Waals surface area contributed by atoms with Crippen LogP contribution in [0.5, 0.6) is 0 Å². The average Bonchev–Trinajstić information content (AvgIpc) is 2.37. The zero-order valence-corrected chi connectivity index (χ0v) is 12.5. The highest BCUT2D eigenvalue weighted by Gasteiger charge is 2.17. The predicted octanol–water partition coefficient (Wildman–Crippen LogP) is 4.11. The quantitative estimate of drug-likeness (QED) is 0.639. The number of carboxylic acid groups (broad SMARTS) is 1. The summed E-state index contributed by atoms with van der Waals surface area (Å²) in [5.41, 5.74) is 1.48. The zero-order chi connectivity index (χ0) is 15.6. The van der Waals surface area contributed by atoms with Crippen molar-refractivity contribution < 1.29 is 14.8 Å². The highest BCUT2D eigenvalue weighted by atomic mass is 79.9. The van der Waals surface area contributed by atoms with Gasteiger partial charge in [-0.05, 0) is 42.8 Å². The molecule has 0 radical (unpaired) electrons. The number of anilines is 2. The molecule has 2 aromatic carbocycles. The minimum absolute atomic E-state index is 0.127. The van der Waals surface area contributed by atoms with Gasteiger partial charge in [-0.2, -0.15) is 0 Å². The van der Waals surface area contributed by atoms with Crippen molar-refractivity contribution in [2.45, 2.75) is 6.92 Å². The number of nitrogens with one attached hydrogen (secondary N) is 1. The lowest BCUT2D eigenvalue weighted by Crippen LogP contribution is -2.02. The van der Waals surface area contributed by atoms with E-state index >= 15 is 0 Å². The number of nitrogens with zero attached hydrogens (tertiary/aromatic N) is 1. The lowest BCUT2D eigenvalue weighted by atomic mass is 10.1. The molecule has 0 unspecified atom stereocenters. The Morgan fingerprint density at radius 1 is 1.29 bits per heavy atom. The molecule has 0 aliphatic carbocycles. The summed E-state index contributed by atoms with van der Waals surface area (Å²) in [6.07, 6.45) is 0. The molecule has 0 amide bonds. The summed E-state index contributed by atoms with van der Waals surface area (Å²) in [4.78, 5) is 21.4. The SMILES string of the molecule is Cc1cc(Br)cc(Nc2ccc(C(=O)O)cc2[N+](=O)[O-])c1. The standard InChI is InChI=1S/C14H11BrN2O4/c1-8-4-10(15)7-11(5-8)16-12-3-2-9(14(18)19)6-13(12)17(20)21/h2-7,16H,1H3,(H,18,19). The van der Waals surface area contributed by atoms with Crippen LogP contribution in [0.3, 0.4) is 0 Å². The van der Waals surface area contributed by atoms with Crippen LogP contribution in [0.2, 0.25) is 0 Å². The van der Waals surface area contributed by atoms with Crippen LogP contribution in [0.15, 0.2) is 40.9 Å². The van der Waals surface area contributed by atoms with Gasteiger partial charge in [0.2, 0.25) is 0 Å². The Morgan fingerprint density at radius 2 is 2.00 bits per heavy atom. The number of halogens is 1. The second-order valence-corrected chi connectivity index (χ2v) is 5.35. The Kier molecular flexibility index (Phi) is 4.23. The van der Waals surface area contributed by atoms with Crippen LogP contribution >= 0.6 is 15.9 Å². The molecule has 108 valence electrons. The lowest BCUT2D eigenvalue weighted by Gasteiger charge is -2.09. The molecule has 0 aliphatic heterocycles. The van der Waals surface area contributed by atoms with Crippen LogP contribution in [0.4, 0.5) is 17.1 Å². The molecule has 0 bridgehead atoms. The van der Waals surface area contributed by atoms with Gasteiger partial charge in [0.15, 0.2) is 0 Å². The minimum Gasteiger partial charge on any atom is -0.478 e. The number of nitro groups is 1. The minimum atomic E-state index is -1.21. The third-order valence-electron chi connectivity index (χ3n) is 2.76. The number of benzene rings is 2. The molecule has 0 aromatic heterocycles. The smallest absolute Gasteiger partial charge is 0.335 e. The summed E-state index contributed by atoms with van der Waals surface area (Å²) in [6.45, 7) is 1.90. The van der Waals surface area contributed by atoms with E-state index in [-0.39, 0.29) is 16.9 Å². The zero-order valence-electron chi connectivity index (χ0n) is 11.0. The fraction of sp³-hybridized carbons (Fsp3) is 0.0714. The van der Waals surface area contributed by atoms with Gasteiger partial charge in [-0.3, -0.25) is 10.1 Å². The summed E-state index contributed by atoms with van der Waals surface area (Å²) < 4.78 is 0.842. The van der Waals surface area contributed by atoms with E-state index in [1.807, 2.05) is 19.1 Å². The maximum absolute atomic E-state index is 11.1. The second kappa shape index (κ2) is 5.92. The molecule has 0 saturated heterocycles. The van der Waals surface area contributed by atoms with E-state index in [1.165, 1.54) is 12.1 Å². The molecule has 21 heavy (non-hydrogen) atoms. The summed E-state index contributed by atoms with van der Waals surface area (Å²) in [6, 6.07) is 9.27. The van der Waals surface area contributed by atoms with Gasteiger partial charge < -0.3 is 10.4 Å². The van der Waals surface area contributed by atoms with Gasteiger partial charge in [-0.1, -0.05) is 15.9 Å². The number of rotatable bonds is 4. The highest BCUT2D eigenvalue weighted by Crippen LogP contribution is 2.30. The van der Waals surface area contributed by atoms with Gasteiger partial charge in [0, 0.05) is 16.2 Å². The van der Waals surface area contributed by atoms with Crippen LogP contribution in [0, 0.1) is 17.0 Å². The molecule has 0 fully saturated rings. The lowest BCUT2D eigenvalue weighted by molar-refractivity contribution is -0.383. The number of carboxylic acids is 1. The predicted molar refractivity (Wildman–Crippen MR) is 82.2 cm³/mol. The fourth-order valence-electron chi connectivity index (χ4n) is 1.89. The topological polar surface area (TPSA) is 92.5 Å². The number of nitro benzene ring substituents is 1. The normalized spacial score (nSPS) is 10.2. The Hall–Kier alpha value is -2.41. The highest BCUT2D eigenvalue weighted by molar-refractivity contribution is 9.10. The average molecular weight is 351 g/mol. The van der Waals surface area contributed by atoms with E-state index < -0.39 is 10.9 Å². The number of aromatic carboxylic acids is 1. The molecule has 0 saturated carbocycles. The van der Waals surface area contributed by atoms with Crippen molar-refractivity contribution in [1.29, 1.82) is 0 Å². The van der Waals surface area contributed by atoms with E-state index in [1.54, 1.807) is 6.07 Å². The number of hydrogen-bond donors (Lipinski definition) is 2. The van der Waals surface area contributed by atoms with Crippen molar-refractivity contribution in [3.8, 4) is 0 Å². The fourth-order valence-corrected chi connectivity index (χ4v) is 2.49. The Balaban J connectivity index is 2.43. The first-order chi connectivity index (χ1) is 9.86. The third-order valence-corrected chi connectivity index (χ3v) is 3.22. The first-order valence-electron chi connectivity index (χ1n) is 5.93. The largest absolute Gasteiger partial charge is 0.478 e. The molecule has 6 nitrogen and oxygen atoms in total. The molecule has 0 spiro atoms. The third kappa shape index (κ3) is 3.57.